The average molecular weight is 468 g/mol. The molecule has 2 aromatic heterocycles. The Balaban J connectivity index is 1.92. The molecule has 1 aromatic carbocycles. The average Bonchev–Trinajstić information content (AvgIpc) is 3.28. The first-order chi connectivity index (χ1) is 16.1. The maximum Gasteiger partial charge on any atom is 0.254 e. The van der Waals surface area contributed by atoms with Gasteiger partial charge in [0.15, 0.2) is 0 Å². The van der Waals surface area contributed by atoms with Crippen LogP contribution in [0.25, 0.3) is 0 Å². The lowest BCUT2D eigenvalue weighted by Gasteiger charge is -2.32. The van der Waals surface area contributed by atoms with E-state index in [4.69, 9.17) is 0 Å². The Bertz CT molecular complexity index is 1070. The molecule has 3 aromatic rings. The first-order valence-electron chi connectivity index (χ1n) is 11.5. The number of carbonyl (C=O) groups excluding carboxylic acids is 1. The zero-order valence-corrected chi connectivity index (χ0v) is 20.9. The van der Waals surface area contributed by atoms with Crippen molar-refractivity contribution in [2.24, 2.45) is 0 Å². The minimum absolute atomic E-state index is 0.187. The predicted molar refractivity (Wildman–Crippen MR) is 132 cm³/mol. The van der Waals surface area contributed by atoms with E-state index < -0.39 is 5.54 Å². The largest absolute Gasteiger partial charge is 0.357 e. The van der Waals surface area contributed by atoms with Crippen molar-refractivity contribution in [2.45, 2.75) is 46.3 Å². The first-order valence-corrected chi connectivity index (χ1v) is 11.5. The minimum atomic E-state index is -1.01. The molecule has 0 aliphatic carbocycles. The monoisotopic (exact) mass is 467 g/mol. The van der Waals surface area contributed by atoms with E-state index in [-0.39, 0.29) is 11.7 Å². The minimum Gasteiger partial charge on any atom is -0.357 e. The fourth-order valence-corrected chi connectivity index (χ4v) is 3.73. The highest BCUT2D eigenvalue weighted by atomic mass is 19.1. The van der Waals surface area contributed by atoms with Crippen LogP contribution in [0.4, 0.5) is 15.9 Å². The molecule has 0 spiro atoms. The summed E-state index contributed by atoms with van der Waals surface area (Å²) < 4.78 is 15.2. The van der Waals surface area contributed by atoms with Crippen LogP contribution in [-0.2, 0) is 23.4 Å². The molecule has 0 fully saturated rings. The van der Waals surface area contributed by atoms with Crippen LogP contribution in [0.15, 0.2) is 48.8 Å². The summed E-state index contributed by atoms with van der Waals surface area (Å²) in [6.07, 6.45) is 3.58. The molecule has 1 amide bonds. The number of pyridine rings is 1. The summed E-state index contributed by atoms with van der Waals surface area (Å²) >= 11 is 0. The maximum atomic E-state index is 13.9. The van der Waals surface area contributed by atoms with Crippen molar-refractivity contribution in [3.63, 3.8) is 0 Å². The Morgan fingerprint density at radius 3 is 2.26 bits per heavy atom. The highest BCUT2D eigenvalue weighted by molar-refractivity contribution is 5.98. The Kier molecular flexibility index (Phi) is 7.98. The van der Waals surface area contributed by atoms with Gasteiger partial charge in [0.2, 0.25) is 0 Å². The molecule has 0 saturated heterocycles. The summed E-state index contributed by atoms with van der Waals surface area (Å²) in [5.41, 5.74) is 1.23. The van der Waals surface area contributed by atoms with Crippen LogP contribution >= 0.6 is 0 Å². The van der Waals surface area contributed by atoms with Crippen molar-refractivity contribution in [2.75, 3.05) is 37.0 Å². The van der Waals surface area contributed by atoms with E-state index in [9.17, 15) is 9.18 Å². The number of hydrogen-bond donors (Lipinski definition) is 0. The summed E-state index contributed by atoms with van der Waals surface area (Å²) in [4.78, 5) is 24.2. The van der Waals surface area contributed by atoms with Gasteiger partial charge < -0.3 is 14.7 Å². The van der Waals surface area contributed by atoms with E-state index in [1.165, 1.54) is 12.1 Å². The lowest BCUT2D eigenvalue weighted by Crippen LogP contribution is -2.47. The van der Waals surface area contributed by atoms with Crippen LogP contribution in [0.5, 0.6) is 0 Å². The highest BCUT2D eigenvalue weighted by Crippen LogP contribution is 2.26. The quantitative estimate of drug-likeness (QED) is 0.453. The third kappa shape index (κ3) is 5.77. The van der Waals surface area contributed by atoms with Gasteiger partial charge in [-0.05, 0) is 77.7 Å². The van der Waals surface area contributed by atoms with Gasteiger partial charge >= 0.3 is 0 Å². The molecule has 0 N–H and O–H groups in total. The molecule has 34 heavy (non-hydrogen) atoms. The van der Waals surface area contributed by atoms with Crippen LogP contribution in [0, 0.1) is 5.82 Å². The fraction of sp³-hybridized carbons (Fsp3) is 0.440. The lowest BCUT2D eigenvalue weighted by molar-refractivity contribution is -0.126. The zero-order valence-electron chi connectivity index (χ0n) is 20.9. The normalized spacial score (nSPS) is 11.6. The van der Waals surface area contributed by atoms with E-state index in [2.05, 4.69) is 34.0 Å². The Labute approximate surface area is 201 Å². The SMILES string of the molecule is CCN(CC)c1ccc(CN(C(=O)C(C)(C)n2cc(CN(C)C)nn2)c2ccc(F)cc2)cn1. The molecular formula is C25H34FN7O. The number of aromatic nitrogens is 4. The predicted octanol–water partition coefficient (Wildman–Crippen LogP) is 3.69. The van der Waals surface area contributed by atoms with E-state index in [1.54, 1.807) is 34.1 Å². The van der Waals surface area contributed by atoms with E-state index in [1.807, 2.05) is 45.0 Å². The van der Waals surface area contributed by atoms with Crippen molar-refractivity contribution in [3.05, 3.63) is 65.9 Å². The zero-order chi connectivity index (χ0) is 24.9. The molecule has 0 radical (unpaired) electrons. The second-order valence-electron chi connectivity index (χ2n) is 9.02. The molecule has 0 bridgehead atoms. The summed E-state index contributed by atoms with van der Waals surface area (Å²) in [5.74, 6) is 0.350. The van der Waals surface area contributed by atoms with Crippen molar-refractivity contribution in [1.82, 2.24) is 24.9 Å². The van der Waals surface area contributed by atoms with E-state index in [0.717, 1.165) is 30.2 Å². The molecule has 0 saturated carbocycles. The van der Waals surface area contributed by atoms with Crippen molar-refractivity contribution < 1.29 is 9.18 Å². The molecule has 2 heterocycles. The third-order valence-electron chi connectivity index (χ3n) is 5.74. The molecule has 3 rings (SSSR count). The second-order valence-corrected chi connectivity index (χ2v) is 9.02. The Hall–Kier alpha value is -3.33. The third-order valence-corrected chi connectivity index (χ3v) is 5.74. The fourth-order valence-electron chi connectivity index (χ4n) is 3.73. The Morgan fingerprint density at radius 2 is 1.71 bits per heavy atom. The summed E-state index contributed by atoms with van der Waals surface area (Å²) in [6, 6.07) is 9.87. The van der Waals surface area contributed by atoms with Gasteiger partial charge in [0.05, 0.1) is 18.4 Å². The molecular weight excluding hydrogens is 433 g/mol. The smallest absolute Gasteiger partial charge is 0.254 e. The number of nitrogens with zero attached hydrogens (tertiary/aromatic N) is 7. The Morgan fingerprint density at radius 1 is 1.03 bits per heavy atom. The van der Waals surface area contributed by atoms with Crippen molar-refractivity contribution in [3.8, 4) is 0 Å². The topological polar surface area (TPSA) is 70.4 Å². The molecule has 0 unspecified atom stereocenters. The van der Waals surface area contributed by atoms with Gasteiger partial charge in [-0.2, -0.15) is 0 Å². The van der Waals surface area contributed by atoms with Crippen LogP contribution in [0.3, 0.4) is 0 Å². The second kappa shape index (κ2) is 10.7. The maximum absolute atomic E-state index is 13.9. The van der Waals surface area contributed by atoms with Gasteiger partial charge in [-0.3, -0.25) is 4.79 Å². The van der Waals surface area contributed by atoms with Gasteiger partial charge in [0, 0.05) is 31.5 Å². The van der Waals surface area contributed by atoms with Crippen LogP contribution in [-0.4, -0.2) is 58.0 Å². The summed E-state index contributed by atoms with van der Waals surface area (Å²) in [5, 5.41) is 8.43. The molecule has 0 aliphatic rings. The number of rotatable bonds is 10. The number of carbonyl (C=O) groups is 1. The summed E-state index contributed by atoms with van der Waals surface area (Å²) in [7, 11) is 3.90. The number of halogens is 1. The molecule has 9 heteroatoms. The van der Waals surface area contributed by atoms with Gasteiger partial charge in [-0.1, -0.05) is 11.3 Å². The number of amides is 1. The molecule has 182 valence electrons. The molecule has 0 aliphatic heterocycles. The number of benzene rings is 1. The van der Waals surface area contributed by atoms with Crippen LogP contribution in [0.2, 0.25) is 0 Å². The van der Waals surface area contributed by atoms with Gasteiger partial charge in [0.25, 0.3) is 5.91 Å². The van der Waals surface area contributed by atoms with Crippen molar-refractivity contribution in [1.29, 1.82) is 0 Å². The van der Waals surface area contributed by atoms with Gasteiger partial charge in [0.1, 0.15) is 17.2 Å². The molecule has 8 nitrogen and oxygen atoms in total. The number of hydrogen-bond acceptors (Lipinski definition) is 6. The van der Waals surface area contributed by atoms with Gasteiger partial charge in [-0.25, -0.2) is 14.1 Å². The standard InChI is InChI=1S/C25H34FN7O/c1-7-31(8-2)23-14-9-19(15-27-23)16-32(22-12-10-20(26)11-13-22)24(34)25(3,4)33-18-21(28-29-33)17-30(5)6/h9-15,18H,7-8,16-17H2,1-6H3. The summed E-state index contributed by atoms with van der Waals surface area (Å²) in [6.45, 7) is 10.4. The van der Waals surface area contributed by atoms with Gasteiger partial charge in [-0.15, -0.1) is 5.10 Å². The van der Waals surface area contributed by atoms with Crippen LogP contribution in [0.1, 0.15) is 39.0 Å². The van der Waals surface area contributed by atoms with Crippen molar-refractivity contribution >= 4 is 17.4 Å². The number of anilines is 2. The van der Waals surface area contributed by atoms with Crippen LogP contribution < -0.4 is 9.80 Å². The first kappa shape index (κ1) is 25.3. The lowest BCUT2D eigenvalue weighted by atomic mass is 10.0. The highest BCUT2D eigenvalue weighted by Gasteiger charge is 2.36. The van der Waals surface area contributed by atoms with E-state index in [0.29, 0.717) is 18.8 Å². The molecule has 0 atom stereocenters. The van der Waals surface area contributed by atoms with E-state index >= 15 is 0 Å².